The molecule has 5 N–H and O–H groups in total. The van der Waals surface area contributed by atoms with Crippen molar-refractivity contribution in [1.82, 2.24) is 0 Å². The molecule has 8 heteroatoms. The van der Waals surface area contributed by atoms with Crippen LogP contribution in [0.5, 0.6) is 0 Å². The van der Waals surface area contributed by atoms with Gasteiger partial charge in [-0.05, 0) is 105 Å². The van der Waals surface area contributed by atoms with Gasteiger partial charge in [-0.3, -0.25) is 5.41 Å². The van der Waals surface area contributed by atoms with Crippen molar-refractivity contribution >= 4 is 89.2 Å². The van der Waals surface area contributed by atoms with E-state index in [1.54, 1.807) is 31.2 Å². The molecule has 56 heavy (non-hydrogen) atoms. The highest BCUT2D eigenvalue weighted by atomic mass is 16.4. The van der Waals surface area contributed by atoms with Gasteiger partial charge in [-0.1, -0.05) is 110 Å². The fourth-order valence-corrected chi connectivity index (χ4v) is 8.62. The number of hydrogen-bond donors (Lipinski definition) is 5. The van der Waals surface area contributed by atoms with E-state index in [9.17, 15) is 34.8 Å². The summed E-state index contributed by atoms with van der Waals surface area (Å²) >= 11 is 0. The number of carboxylic acid groups (broad SMARTS) is 3. The molecule has 7 rings (SSSR count). The largest absolute Gasteiger partial charge is 0.493 e. The number of hydrogen-bond acceptors (Lipinski definition) is 4. The van der Waals surface area contributed by atoms with Gasteiger partial charge in [0.25, 0.3) is 0 Å². The van der Waals surface area contributed by atoms with E-state index in [2.05, 4.69) is 26.3 Å². The topological polar surface area (TPSA) is 156 Å². The molecule has 0 amide bonds. The summed E-state index contributed by atoms with van der Waals surface area (Å²) in [6.45, 7) is 24.4. The minimum absolute atomic E-state index is 0.0354. The maximum absolute atomic E-state index is 14.2. The van der Waals surface area contributed by atoms with E-state index in [1.807, 2.05) is 69.3 Å². The van der Waals surface area contributed by atoms with Crippen molar-refractivity contribution in [3.05, 3.63) is 144 Å². The summed E-state index contributed by atoms with van der Waals surface area (Å²) < 4.78 is 0. The molecule has 0 radical (unpaired) electrons. The minimum Gasteiger partial charge on any atom is -0.493 e. The van der Waals surface area contributed by atoms with Crippen LogP contribution in [0.2, 0.25) is 0 Å². The fraction of sp³-hybridized carbons (Fsp3) is 0.0833. The molecule has 7 aromatic carbocycles. The summed E-state index contributed by atoms with van der Waals surface area (Å²) in [6, 6.07) is 21.8. The summed E-state index contributed by atoms with van der Waals surface area (Å²) in [6.07, 6.45) is 0. The summed E-state index contributed by atoms with van der Waals surface area (Å²) in [5, 5.41) is 55.6. The van der Waals surface area contributed by atoms with Crippen molar-refractivity contribution in [2.45, 2.75) is 27.7 Å². The Morgan fingerprint density at radius 2 is 0.893 bits per heavy atom. The van der Waals surface area contributed by atoms with Gasteiger partial charge in [0.1, 0.15) is 0 Å². The van der Waals surface area contributed by atoms with Crippen molar-refractivity contribution in [1.29, 1.82) is 5.41 Å². The highest BCUT2D eigenvalue weighted by Crippen LogP contribution is 2.55. The van der Waals surface area contributed by atoms with Gasteiger partial charge in [0.2, 0.25) is 5.90 Å². The Bertz CT molecular complexity index is 3030. The average Bonchev–Trinajstić information content (AvgIpc) is 3.14. The van der Waals surface area contributed by atoms with Crippen LogP contribution in [0.15, 0.2) is 99.1 Å². The standard InChI is InChI=1S/C48H37NO7/c1-21(2)26-15-11-19-28(32(26)23(5)6)35-36-30-17-9-13-25-14-10-18-31(34(25)30)38-39(36)40(43(47(53)54)44(48(55)56)41(38)45(49)50)42(46(51)52)37(35)29-20-12-16-27(22(3)4)33(29)24(7)8/h9-20H,1,3,5,7H2,2,4,6,8H3,(H2,49,50)(H,51,52)(H,53,54)(H,55,56). The highest BCUT2D eigenvalue weighted by Gasteiger charge is 2.37. The molecule has 0 fully saturated rings. The molecule has 276 valence electrons. The molecule has 0 unspecified atom stereocenters. The number of aliphatic hydroxyl groups is 1. The Morgan fingerprint density at radius 3 is 1.32 bits per heavy atom. The Labute approximate surface area is 322 Å². The first-order chi connectivity index (χ1) is 26.5. The first kappa shape index (κ1) is 37.0. The van der Waals surface area contributed by atoms with Crippen molar-refractivity contribution in [2.24, 2.45) is 0 Å². The average molecular weight is 740 g/mol. The molecule has 0 aliphatic heterocycles. The maximum atomic E-state index is 14.2. The van der Waals surface area contributed by atoms with Crippen LogP contribution in [-0.4, -0.2) is 44.2 Å². The molecule has 0 atom stereocenters. The van der Waals surface area contributed by atoms with Gasteiger partial charge in [0.15, 0.2) is 0 Å². The second-order valence-corrected chi connectivity index (χ2v) is 14.3. The number of aliphatic hydroxyl groups excluding tert-OH is 1. The first-order valence-corrected chi connectivity index (χ1v) is 17.6. The van der Waals surface area contributed by atoms with E-state index >= 15 is 0 Å². The van der Waals surface area contributed by atoms with Crippen LogP contribution in [0.4, 0.5) is 0 Å². The Kier molecular flexibility index (Phi) is 8.73. The SMILES string of the molecule is C=C(C)c1cccc(-c2c(C(=O)O)c3c(C(=O)O)c(C(=O)O)c(C(=N)O)c4c5cccc6cccc(c(c2-c2cccc(C(=C)C)c2C(=C)C)c34)c65)c1C(=C)C. The molecule has 8 nitrogen and oxygen atoms in total. The molecular weight excluding hydrogens is 703 g/mol. The summed E-state index contributed by atoms with van der Waals surface area (Å²) in [4.78, 5) is 41.1. The lowest BCUT2D eigenvalue weighted by molar-refractivity contribution is 0.0652. The number of nitrogens with one attached hydrogen (secondary N) is 1. The monoisotopic (exact) mass is 739 g/mol. The number of rotatable bonds is 10. The number of carbonyl (C=O) groups is 3. The number of carboxylic acids is 3. The molecule has 0 aliphatic rings. The molecule has 7 aromatic rings. The third kappa shape index (κ3) is 5.21. The van der Waals surface area contributed by atoms with Gasteiger partial charge in [-0.2, -0.15) is 0 Å². The molecule has 0 saturated carbocycles. The second kappa shape index (κ2) is 13.2. The fourth-order valence-electron chi connectivity index (χ4n) is 8.62. The van der Waals surface area contributed by atoms with Gasteiger partial charge < -0.3 is 20.4 Å². The minimum atomic E-state index is -1.76. The van der Waals surface area contributed by atoms with Crippen molar-refractivity contribution in [3.63, 3.8) is 0 Å². The van der Waals surface area contributed by atoms with E-state index in [1.165, 1.54) is 0 Å². The van der Waals surface area contributed by atoms with Crippen LogP contribution >= 0.6 is 0 Å². The molecule has 0 aliphatic carbocycles. The lowest BCUT2D eigenvalue weighted by atomic mass is 9.73. The van der Waals surface area contributed by atoms with Gasteiger partial charge in [-0.15, -0.1) is 0 Å². The highest BCUT2D eigenvalue weighted by molar-refractivity contribution is 6.44. The lowest BCUT2D eigenvalue weighted by Gasteiger charge is -2.28. The molecular formula is C48H37NO7. The maximum Gasteiger partial charge on any atom is 0.337 e. The van der Waals surface area contributed by atoms with Crippen LogP contribution in [0, 0.1) is 5.41 Å². The number of allylic oxidation sites excluding steroid dienone is 4. The van der Waals surface area contributed by atoms with Crippen LogP contribution < -0.4 is 0 Å². The molecule has 0 saturated heterocycles. The van der Waals surface area contributed by atoms with Crippen LogP contribution in [-0.2, 0) is 0 Å². The van der Waals surface area contributed by atoms with Crippen LogP contribution in [0.1, 0.15) is 86.6 Å². The third-order valence-corrected chi connectivity index (χ3v) is 10.5. The second-order valence-electron chi connectivity index (χ2n) is 14.3. The zero-order chi connectivity index (χ0) is 40.7. The quantitative estimate of drug-likeness (QED) is 0.0404. The Morgan fingerprint density at radius 1 is 0.446 bits per heavy atom. The van der Waals surface area contributed by atoms with E-state index in [0.29, 0.717) is 71.6 Å². The van der Waals surface area contributed by atoms with E-state index in [-0.39, 0.29) is 21.7 Å². The zero-order valence-electron chi connectivity index (χ0n) is 31.3. The summed E-state index contributed by atoms with van der Waals surface area (Å²) in [7, 11) is 0. The van der Waals surface area contributed by atoms with Gasteiger partial charge >= 0.3 is 17.9 Å². The smallest absolute Gasteiger partial charge is 0.337 e. The normalized spacial score (nSPS) is 11.4. The van der Waals surface area contributed by atoms with Crippen molar-refractivity contribution < 1.29 is 34.8 Å². The number of fused-ring (bicyclic) bond motifs is 2. The molecule has 0 heterocycles. The van der Waals surface area contributed by atoms with E-state index in [4.69, 9.17) is 5.41 Å². The van der Waals surface area contributed by atoms with Crippen molar-refractivity contribution in [3.8, 4) is 22.3 Å². The Balaban J connectivity index is 2.06. The summed E-state index contributed by atoms with van der Waals surface area (Å²) in [5.74, 6) is -6.21. The van der Waals surface area contributed by atoms with Gasteiger partial charge in [-0.25, -0.2) is 14.4 Å². The van der Waals surface area contributed by atoms with Crippen molar-refractivity contribution in [2.75, 3.05) is 0 Å². The lowest BCUT2D eigenvalue weighted by Crippen LogP contribution is -2.19. The van der Waals surface area contributed by atoms with Gasteiger partial charge in [0, 0.05) is 21.7 Å². The first-order valence-electron chi connectivity index (χ1n) is 17.6. The predicted molar refractivity (Wildman–Crippen MR) is 228 cm³/mol. The van der Waals surface area contributed by atoms with E-state index < -0.39 is 46.1 Å². The van der Waals surface area contributed by atoms with Crippen LogP contribution in [0.25, 0.3) is 87.6 Å². The molecule has 0 spiro atoms. The van der Waals surface area contributed by atoms with E-state index in [0.717, 1.165) is 16.5 Å². The third-order valence-electron chi connectivity index (χ3n) is 10.5. The van der Waals surface area contributed by atoms with Crippen LogP contribution in [0.3, 0.4) is 0 Å². The van der Waals surface area contributed by atoms with Gasteiger partial charge in [0.05, 0.1) is 22.3 Å². The number of benzene rings is 7. The number of aromatic carboxylic acids is 3. The zero-order valence-corrected chi connectivity index (χ0v) is 31.3. The Hall–Kier alpha value is -7.32. The summed E-state index contributed by atoms with van der Waals surface area (Å²) in [5.41, 5.74) is 3.97. The predicted octanol–water partition coefficient (Wildman–Crippen LogP) is 12.2. The molecule has 0 bridgehead atoms. The molecule has 0 aromatic heterocycles.